The zero-order valence-corrected chi connectivity index (χ0v) is 29.4. The van der Waals surface area contributed by atoms with Gasteiger partial charge in [0.1, 0.15) is 12.6 Å². The van der Waals surface area contributed by atoms with E-state index in [0.29, 0.717) is 22.9 Å². The van der Waals surface area contributed by atoms with Gasteiger partial charge in [-0.3, -0.25) is 13.9 Å². The summed E-state index contributed by atoms with van der Waals surface area (Å²) in [5, 5.41) is 3.60. The number of hydrogen-bond acceptors (Lipinski definition) is 6. The van der Waals surface area contributed by atoms with E-state index in [9.17, 15) is 18.0 Å². The third-order valence-electron chi connectivity index (χ3n) is 7.70. The maximum absolute atomic E-state index is 14.6. The number of anilines is 1. The lowest BCUT2D eigenvalue weighted by Gasteiger charge is -2.34. The van der Waals surface area contributed by atoms with Crippen LogP contribution >= 0.6 is 23.2 Å². The molecule has 4 rings (SSSR count). The van der Waals surface area contributed by atoms with Crippen LogP contribution < -0.4 is 19.1 Å². The molecule has 0 heterocycles. The first-order valence-corrected chi connectivity index (χ1v) is 17.6. The fourth-order valence-electron chi connectivity index (χ4n) is 5.12. The third-order valence-corrected chi connectivity index (χ3v) is 10.2. The van der Waals surface area contributed by atoms with Crippen molar-refractivity contribution in [3.63, 3.8) is 0 Å². The zero-order chi connectivity index (χ0) is 34.7. The van der Waals surface area contributed by atoms with Gasteiger partial charge in [0, 0.05) is 25.6 Å². The minimum atomic E-state index is -4.34. The third kappa shape index (κ3) is 9.21. The smallest absolute Gasteiger partial charge is 0.264 e. The molecule has 0 fully saturated rings. The maximum atomic E-state index is 14.6. The van der Waals surface area contributed by atoms with Gasteiger partial charge < -0.3 is 19.7 Å². The maximum Gasteiger partial charge on any atom is 0.264 e. The Bertz CT molecular complexity index is 1790. The normalized spacial score (nSPS) is 11.8. The van der Waals surface area contributed by atoms with Gasteiger partial charge in [0.25, 0.3) is 10.0 Å². The van der Waals surface area contributed by atoms with Gasteiger partial charge in [-0.1, -0.05) is 91.1 Å². The Balaban J connectivity index is 1.81. The highest BCUT2D eigenvalue weighted by Crippen LogP contribution is 2.32. The number of carbonyl (C=O) groups is 2. The highest BCUT2D eigenvalue weighted by molar-refractivity contribution is 7.92. The zero-order valence-electron chi connectivity index (χ0n) is 27.1. The van der Waals surface area contributed by atoms with E-state index < -0.39 is 28.5 Å². The van der Waals surface area contributed by atoms with Gasteiger partial charge in [0.15, 0.2) is 11.5 Å². The molecule has 48 heavy (non-hydrogen) atoms. The van der Waals surface area contributed by atoms with Crippen LogP contribution in [0, 0.1) is 0 Å². The van der Waals surface area contributed by atoms with E-state index in [-0.39, 0.29) is 40.2 Å². The monoisotopic (exact) mass is 711 g/mol. The Morgan fingerprint density at radius 3 is 2.10 bits per heavy atom. The van der Waals surface area contributed by atoms with Crippen molar-refractivity contribution >= 4 is 50.7 Å². The Morgan fingerprint density at radius 1 is 0.812 bits per heavy atom. The van der Waals surface area contributed by atoms with Crippen molar-refractivity contribution in [1.82, 2.24) is 10.2 Å². The predicted molar refractivity (Wildman–Crippen MR) is 189 cm³/mol. The number of carbonyl (C=O) groups excluding carboxylic acids is 2. The Labute approximate surface area is 292 Å². The summed E-state index contributed by atoms with van der Waals surface area (Å²) in [6, 6.07) is 25.9. The number of amides is 2. The highest BCUT2D eigenvalue weighted by atomic mass is 35.5. The van der Waals surface area contributed by atoms with Crippen LogP contribution in [0.25, 0.3) is 0 Å². The molecule has 0 saturated carbocycles. The summed E-state index contributed by atoms with van der Waals surface area (Å²) in [7, 11) is -1.48. The molecule has 0 bridgehead atoms. The molecule has 0 aliphatic heterocycles. The second-order valence-corrected chi connectivity index (χ2v) is 13.7. The molecular formula is C36H39Cl2N3O6S. The van der Waals surface area contributed by atoms with Crippen LogP contribution in [0.5, 0.6) is 11.5 Å². The summed E-state index contributed by atoms with van der Waals surface area (Å²) in [6.07, 6.45) is 1.82. The molecule has 0 unspecified atom stereocenters. The predicted octanol–water partition coefficient (Wildman–Crippen LogP) is 6.76. The number of methoxy groups -OCH3 is 2. The lowest BCUT2D eigenvalue weighted by molar-refractivity contribution is -0.140. The molecule has 0 aromatic heterocycles. The molecule has 0 aliphatic carbocycles. The second-order valence-electron chi connectivity index (χ2n) is 11.0. The van der Waals surface area contributed by atoms with Crippen molar-refractivity contribution in [3.05, 3.63) is 118 Å². The Kier molecular flexibility index (Phi) is 13.1. The number of benzene rings is 4. The summed E-state index contributed by atoms with van der Waals surface area (Å²) >= 11 is 12.5. The van der Waals surface area contributed by atoms with Crippen molar-refractivity contribution in [2.75, 3.05) is 31.6 Å². The fourth-order valence-corrected chi connectivity index (χ4v) is 6.87. The molecule has 4 aromatic rings. The van der Waals surface area contributed by atoms with Crippen LogP contribution in [0.15, 0.2) is 102 Å². The van der Waals surface area contributed by atoms with Gasteiger partial charge in [-0.25, -0.2) is 8.42 Å². The second kappa shape index (κ2) is 17.2. The van der Waals surface area contributed by atoms with Crippen LogP contribution in [0.2, 0.25) is 10.0 Å². The SMILES string of the molecule is CCCCNC(=O)[C@H](Cc1ccccc1)N(Cc1ccc(Cl)c(Cl)c1)C(=O)CN(c1ccccc1)S(=O)(=O)c1ccc(OC)c(OC)c1. The molecule has 0 aliphatic rings. The number of ether oxygens (including phenoxy) is 2. The summed E-state index contributed by atoms with van der Waals surface area (Å²) in [5.41, 5.74) is 1.71. The van der Waals surface area contributed by atoms with Crippen molar-refractivity contribution < 1.29 is 27.5 Å². The molecule has 12 heteroatoms. The van der Waals surface area contributed by atoms with Crippen LogP contribution in [-0.2, 0) is 32.6 Å². The number of para-hydroxylation sites is 1. The van der Waals surface area contributed by atoms with Crippen molar-refractivity contribution in [2.24, 2.45) is 0 Å². The Morgan fingerprint density at radius 2 is 1.48 bits per heavy atom. The van der Waals surface area contributed by atoms with E-state index in [1.165, 1.54) is 37.3 Å². The number of nitrogens with one attached hydrogen (secondary N) is 1. The van der Waals surface area contributed by atoms with Crippen LogP contribution in [-0.4, -0.2) is 58.5 Å². The van der Waals surface area contributed by atoms with Crippen molar-refractivity contribution in [3.8, 4) is 11.5 Å². The summed E-state index contributed by atoms with van der Waals surface area (Å²) < 4.78 is 40.3. The first-order valence-electron chi connectivity index (χ1n) is 15.4. The summed E-state index contributed by atoms with van der Waals surface area (Å²) in [4.78, 5) is 29.8. The average Bonchev–Trinajstić information content (AvgIpc) is 3.10. The lowest BCUT2D eigenvalue weighted by atomic mass is 10.0. The van der Waals surface area contributed by atoms with E-state index >= 15 is 0 Å². The standard InChI is InChI=1S/C36H39Cl2N3O6S/c1-4-5-20-39-36(43)32(22-26-12-8-6-9-13-26)40(24-27-16-18-30(37)31(38)21-27)35(42)25-41(28-14-10-7-11-15-28)48(44,45)29-17-19-33(46-2)34(23-29)47-3/h6-19,21,23,32H,4-5,20,22,24-25H2,1-3H3,(H,39,43)/t32-/m0/s1. The molecule has 9 nitrogen and oxygen atoms in total. The van der Waals surface area contributed by atoms with E-state index in [4.69, 9.17) is 32.7 Å². The summed E-state index contributed by atoms with van der Waals surface area (Å²) in [6.45, 7) is 1.81. The molecule has 0 saturated heterocycles. The van der Waals surface area contributed by atoms with Gasteiger partial charge in [-0.2, -0.15) is 0 Å². The average molecular weight is 713 g/mol. The molecular weight excluding hydrogens is 673 g/mol. The van der Waals surface area contributed by atoms with E-state index in [1.54, 1.807) is 48.5 Å². The minimum Gasteiger partial charge on any atom is -0.493 e. The first-order chi connectivity index (χ1) is 23.1. The molecule has 0 spiro atoms. The minimum absolute atomic E-state index is 0.0343. The number of unbranched alkanes of at least 4 members (excludes halogenated alkanes) is 1. The number of nitrogens with zero attached hydrogens (tertiary/aromatic N) is 2. The first kappa shape index (κ1) is 36.6. The molecule has 0 radical (unpaired) electrons. The topological polar surface area (TPSA) is 105 Å². The van der Waals surface area contributed by atoms with Gasteiger partial charge >= 0.3 is 0 Å². The van der Waals surface area contributed by atoms with Gasteiger partial charge in [-0.15, -0.1) is 0 Å². The van der Waals surface area contributed by atoms with Crippen molar-refractivity contribution in [2.45, 2.75) is 43.7 Å². The van der Waals surface area contributed by atoms with Crippen LogP contribution in [0.1, 0.15) is 30.9 Å². The summed E-state index contributed by atoms with van der Waals surface area (Å²) in [5.74, 6) is -0.384. The van der Waals surface area contributed by atoms with Gasteiger partial charge in [0.2, 0.25) is 11.8 Å². The number of halogens is 2. The highest BCUT2D eigenvalue weighted by Gasteiger charge is 2.35. The molecule has 254 valence electrons. The van der Waals surface area contributed by atoms with Crippen molar-refractivity contribution in [1.29, 1.82) is 0 Å². The quantitative estimate of drug-likeness (QED) is 0.129. The molecule has 4 aromatic carbocycles. The molecule has 1 atom stereocenters. The molecule has 1 N–H and O–H groups in total. The number of sulfonamides is 1. The van der Waals surface area contributed by atoms with Crippen LogP contribution in [0.3, 0.4) is 0 Å². The van der Waals surface area contributed by atoms with E-state index in [0.717, 1.165) is 22.7 Å². The number of rotatable bonds is 16. The fraction of sp³-hybridized carbons (Fsp3) is 0.278. The van der Waals surface area contributed by atoms with Gasteiger partial charge in [-0.05, 0) is 53.9 Å². The Hall–Kier alpha value is -4.25. The molecule has 2 amide bonds. The lowest BCUT2D eigenvalue weighted by Crippen LogP contribution is -2.53. The van der Waals surface area contributed by atoms with E-state index in [1.807, 2.05) is 37.3 Å². The van der Waals surface area contributed by atoms with E-state index in [2.05, 4.69) is 5.32 Å². The van der Waals surface area contributed by atoms with Gasteiger partial charge in [0.05, 0.1) is 34.8 Å². The number of hydrogen-bond donors (Lipinski definition) is 1. The van der Waals surface area contributed by atoms with Crippen LogP contribution in [0.4, 0.5) is 5.69 Å². The largest absolute Gasteiger partial charge is 0.493 e.